The Balaban J connectivity index is 0.00000162. The lowest BCUT2D eigenvalue weighted by Crippen LogP contribution is -2.42. The summed E-state index contributed by atoms with van der Waals surface area (Å²) in [6.07, 6.45) is 1.99. The SMILES string of the molecule is CC(C)c1cc(C(=O)NC2CCNCC2)n[nH]1.Cl. The number of rotatable bonds is 3. The molecule has 2 heterocycles. The number of amides is 1. The minimum absolute atomic E-state index is 0. The van der Waals surface area contributed by atoms with Gasteiger partial charge < -0.3 is 10.6 Å². The number of hydrogen-bond acceptors (Lipinski definition) is 3. The van der Waals surface area contributed by atoms with Gasteiger partial charge >= 0.3 is 0 Å². The summed E-state index contributed by atoms with van der Waals surface area (Å²) >= 11 is 0. The third-order valence-electron chi connectivity index (χ3n) is 3.13. The van der Waals surface area contributed by atoms with Gasteiger partial charge in [0.05, 0.1) is 0 Å². The van der Waals surface area contributed by atoms with Crippen LogP contribution < -0.4 is 10.6 Å². The zero-order valence-electron chi connectivity index (χ0n) is 10.8. The average molecular weight is 273 g/mol. The number of H-pyrrole nitrogens is 1. The van der Waals surface area contributed by atoms with Crippen molar-refractivity contribution in [2.24, 2.45) is 0 Å². The van der Waals surface area contributed by atoms with Crippen LogP contribution in [0.1, 0.15) is 48.8 Å². The Labute approximate surface area is 114 Å². The van der Waals surface area contributed by atoms with Crippen LogP contribution in [0.25, 0.3) is 0 Å². The molecule has 0 unspecified atom stereocenters. The molecule has 0 radical (unpaired) electrons. The predicted octanol–water partition coefficient (Wildman–Crippen LogP) is 1.44. The van der Waals surface area contributed by atoms with Gasteiger partial charge in [0, 0.05) is 11.7 Å². The Bertz CT molecular complexity index is 385. The number of carbonyl (C=O) groups is 1. The van der Waals surface area contributed by atoms with Crippen molar-refractivity contribution in [1.82, 2.24) is 20.8 Å². The molecule has 6 heteroatoms. The summed E-state index contributed by atoms with van der Waals surface area (Å²) in [6, 6.07) is 2.11. The second-order valence-electron chi connectivity index (χ2n) is 4.86. The number of nitrogens with zero attached hydrogens (tertiary/aromatic N) is 1. The molecule has 0 atom stereocenters. The second-order valence-corrected chi connectivity index (χ2v) is 4.86. The van der Waals surface area contributed by atoms with Crippen molar-refractivity contribution < 1.29 is 4.79 Å². The van der Waals surface area contributed by atoms with Crippen LogP contribution in [0.3, 0.4) is 0 Å². The second kappa shape index (κ2) is 6.75. The number of aromatic nitrogens is 2. The topological polar surface area (TPSA) is 69.8 Å². The lowest BCUT2D eigenvalue weighted by Gasteiger charge is -2.23. The molecule has 1 aliphatic heterocycles. The summed E-state index contributed by atoms with van der Waals surface area (Å²) in [6.45, 7) is 6.09. The number of hydrogen-bond donors (Lipinski definition) is 3. The molecular weight excluding hydrogens is 252 g/mol. The molecule has 3 N–H and O–H groups in total. The van der Waals surface area contributed by atoms with Crippen LogP contribution in [0.5, 0.6) is 0 Å². The molecule has 1 fully saturated rings. The van der Waals surface area contributed by atoms with E-state index in [0.717, 1.165) is 31.6 Å². The van der Waals surface area contributed by atoms with Crippen LogP contribution in [0.15, 0.2) is 6.07 Å². The molecule has 1 amide bonds. The number of carbonyl (C=O) groups excluding carboxylic acids is 1. The minimum atomic E-state index is -0.0694. The average Bonchev–Trinajstić information content (AvgIpc) is 2.79. The van der Waals surface area contributed by atoms with Crippen LogP contribution in [0.4, 0.5) is 0 Å². The maximum absolute atomic E-state index is 11.9. The van der Waals surface area contributed by atoms with E-state index in [0.29, 0.717) is 11.6 Å². The van der Waals surface area contributed by atoms with Crippen LogP contribution in [0, 0.1) is 0 Å². The molecular formula is C12H21ClN4O. The van der Waals surface area contributed by atoms with Gasteiger partial charge in [-0.1, -0.05) is 13.8 Å². The van der Waals surface area contributed by atoms with E-state index in [1.807, 2.05) is 6.07 Å². The fourth-order valence-electron chi connectivity index (χ4n) is 1.97. The van der Waals surface area contributed by atoms with Gasteiger partial charge in [0.2, 0.25) is 0 Å². The summed E-state index contributed by atoms with van der Waals surface area (Å²) in [4.78, 5) is 11.9. The van der Waals surface area contributed by atoms with E-state index in [4.69, 9.17) is 0 Å². The first-order chi connectivity index (χ1) is 8.16. The van der Waals surface area contributed by atoms with E-state index >= 15 is 0 Å². The van der Waals surface area contributed by atoms with E-state index in [-0.39, 0.29) is 24.4 Å². The summed E-state index contributed by atoms with van der Waals surface area (Å²) in [5.74, 6) is 0.294. The van der Waals surface area contributed by atoms with Gasteiger partial charge in [-0.25, -0.2) is 0 Å². The van der Waals surface area contributed by atoms with Crippen LogP contribution in [-0.2, 0) is 0 Å². The van der Waals surface area contributed by atoms with E-state index in [1.165, 1.54) is 0 Å². The highest BCUT2D eigenvalue weighted by molar-refractivity contribution is 5.92. The smallest absolute Gasteiger partial charge is 0.271 e. The van der Waals surface area contributed by atoms with Crippen LogP contribution >= 0.6 is 12.4 Å². The predicted molar refractivity (Wildman–Crippen MR) is 73.3 cm³/mol. The molecule has 5 nitrogen and oxygen atoms in total. The van der Waals surface area contributed by atoms with Crippen molar-refractivity contribution in [3.8, 4) is 0 Å². The molecule has 1 aromatic rings. The number of piperidine rings is 1. The fraction of sp³-hybridized carbons (Fsp3) is 0.667. The van der Waals surface area contributed by atoms with Gasteiger partial charge in [-0.15, -0.1) is 12.4 Å². The summed E-state index contributed by atoms with van der Waals surface area (Å²) in [5.41, 5.74) is 1.49. The molecule has 18 heavy (non-hydrogen) atoms. The molecule has 1 saturated heterocycles. The lowest BCUT2D eigenvalue weighted by atomic mass is 10.1. The van der Waals surface area contributed by atoms with Crippen LogP contribution in [0.2, 0.25) is 0 Å². The molecule has 1 aliphatic rings. The molecule has 2 rings (SSSR count). The highest BCUT2D eigenvalue weighted by Gasteiger charge is 2.18. The summed E-state index contributed by atoms with van der Waals surface area (Å²) in [7, 11) is 0. The van der Waals surface area contributed by atoms with E-state index in [1.54, 1.807) is 0 Å². The van der Waals surface area contributed by atoms with E-state index < -0.39 is 0 Å². The Hall–Kier alpha value is -1.07. The van der Waals surface area contributed by atoms with Gasteiger partial charge in [0.25, 0.3) is 5.91 Å². The quantitative estimate of drug-likeness (QED) is 0.780. The maximum Gasteiger partial charge on any atom is 0.271 e. The largest absolute Gasteiger partial charge is 0.348 e. The lowest BCUT2D eigenvalue weighted by molar-refractivity contribution is 0.0924. The van der Waals surface area contributed by atoms with Crippen molar-refractivity contribution in [1.29, 1.82) is 0 Å². The van der Waals surface area contributed by atoms with Gasteiger partial charge in [-0.2, -0.15) is 5.10 Å². The van der Waals surface area contributed by atoms with Gasteiger partial charge in [-0.3, -0.25) is 9.89 Å². The fourth-order valence-corrected chi connectivity index (χ4v) is 1.97. The molecule has 0 saturated carbocycles. The first kappa shape index (κ1) is 15.0. The van der Waals surface area contributed by atoms with Crippen molar-refractivity contribution in [2.45, 2.75) is 38.6 Å². The summed E-state index contributed by atoms with van der Waals surface area (Å²) in [5, 5.41) is 13.3. The van der Waals surface area contributed by atoms with Gasteiger partial charge in [0.1, 0.15) is 5.69 Å². The monoisotopic (exact) mass is 272 g/mol. The highest BCUT2D eigenvalue weighted by atomic mass is 35.5. The molecule has 0 aliphatic carbocycles. The Morgan fingerprint density at radius 2 is 2.11 bits per heavy atom. The maximum atomic E-state index is 11.9. The Morgan fingerprint density at radius 3 is 2.67 bits per heavy atom. The molecule has 102 valence electrons. The molecule has 0 aromatic carbocycles. The van der Waals surface area contributed by atoms with Gasteiger partial charge in [0.15, 0.2) is 0 Å². The normalized spacial score (nSPS) is 16.4. The molecule has 1 aromatic heterocycles. The van der Waals surface area contributed by atoms with Crippen LogP contribution in [-0.4, -0.2) is 35.2 Å². The highest BCUT2D eigenvalue weighted by Crippen LogP contribution is 2.12. The zero-order valence-corrected chi connectivity index (χ0v) is 11.6. The number of nitrogens with one attached hydrogen (secondary N) is 3. The van der Waals surface area contributed by atoms with Crippen molar-refractivity contribution in [2.75, 3.05) is 13.1 Å². The summed E-state index contributed by atoms with van der Waals surface area (Å²) < 4.78 is 0. The third kappa shape index (κ3) is 3.71. The van der Waals surface area contributed by atoms with E-state index in [2.05, 4.69) is 34.7 Å². The Kier molecular flexibility index (Phi) is 5.62. The first-order valence-corrected chi connectivity index (χ1v) is 6.23. The van der Waals surface area contributed by atoms with Crippen molar-refractivity contribution in [3.63, 3.8) is 0 Å². The van der Waals surface area contributed by atoms with Gasteiger partial charge in [-0.05, 0) is 37.9 Å². The van der Waals surface area contributed by atoms with E-state index in [9.17, 15) is 4.79 Å². The standard InChI is InChI=1S/C12H20N4O.ClH/c1-8(2)10-7-11(16-15-10)12(17)14-9-3-5-13-6-4-9;/h7-9,13H,3-6H2,1-2H3,(H,14,17)(H,15,16);1H. The molecule has 0 spiro atoms. The Morgan fingerprint density at radius 1 is 1.44 bits per heavy atom. The van der Waals surface area contributed by atoms with Crippen molar-refractivity contribution >= 4 is 18.3 Å². The number of aromatic amines is 1. The number of halogens is 1. The first-order valence-electron chi connectivity index (χ1n) is 6.23. The zero-order chi connectivity index (χ0) is 12.3. The minimum Gasteiger partial charge on any atom is -0.348 e. The van der Waals surface area contributed by atoms with Crippen molar-refractivity contribution in [3.05, 3.63) is 17.5 Å². The third-order valence-corrected chi connectivity index (χ3v) is 3.13. The molecule has 0 bridgehead atoms.